The van der Waals surface area contributed by atoms with Gasteiger partial charge < -0.3 is 19.9 Å². The fraction of sp³-hybridized carbons (Fsp3) is 0.250. The van der Waals surface area contributed by atoms with E-state index in [-0.39, 0.29) is 30.7 Å². The van der Waals surface area contributed by atoms with Crippen molar-refractivity contribution in [1.29, 1.82) is 0 Å². The Hall–Kier alpha value is -2.61. The van der Waals surface area contributed by atoms with Crippen molar-refractivity contribution in [2.75, 3.05) is 18.6 Å². The average molecular weight is 435 g/mol. The minimum absolute atomic E-state index is 0. The van der Waals surface area contributed by atoms with E-state index in [9.17, 15) is 4.79 Å². The lowest BCUT2D eigenvalue weighted by molar-refractivity contribution is -0.117. The first-order chi connectivity index (χ1) is 13.6. The quantitative estimate of drug-likeness (QED) is 0.655. The minimum atomic E-state index is -0.194. The molecule has 2 aromatic carbocycles. The Morgan fingerprint density at radius 2 is 2.03 bits per heavy atom. The number of carbonyl (C=O) groups excluding carboxylic acids is 1. The van der Waals surface area contributed by atoms with Gasteiger partial charge in [-0.05, 0) is 23.8 Å². The Morgan fingerprint density at radius 1 is 1.28 bits per heavy atom. The highest BCUT2D eigenvalue weighted by Gasteiger charge is 2.36. The number of anilines is 1. The zero-order chi connectivity index (χ0) is 19.7. The molecule has 152 valence electrons. The van der Waals surface area contributed by atoms with Crippen molar-refractivity contribution in [1.82, 2.24) is 10.1 Å². The fourth-order valence-corrected chi connectivity index (χ4v) is 3.45. The number of rotatable bonds is 5. The topological polar surface area (TPSA) is 94.5 Å². The highest BCUT2D eigenvalue weighted by atomic mass is 35.5. The highest BCUT2D eigenvalue weighted by molar-refractivity contribution is 6.31. The number of amides is 1. The molecule has 2 N–H and O–H groups in total. The smallest absolute Gasteiger partial charge is 0.232 e. The molecule has 1 amide bonds. The molecule has 7 nitrogen and oxygen atoms in total. The maximum absolute atomic E-state index is 12.6. The van der Waals surface area contributed by atoms with Crippen LogP contribution in [0, 0.1) is 0 Å². The van der Waals surface area contributed by atoms with Crippen LogP contribution >= 0.6 is 24.0 Å². The standard InChI is InChI=1S/C20H19ClN4O3.ClH/c1-27-17-7-6-15(21)9-16(17)25-11-14(8-18(25)26)20-23-19(24-28-20)13-4-2-12(10-22)3-5-13;/h2-7,9,14H,8,10-11,22H2,1H3;1H. The van der Waals surface area contributed by atoms with Gasteiger partial charge in [0.2, 0.25) is 17.6 Å². The predicted octanol–water partition coefficient (Wildman–Crippen LogP) is 3.80. The molecule has 29 heavy (non-hydrogen) atoms. The summed E-state index contributed by atoms with van der Waals surface area (Å²) in [4.78, 5) is 18.8. The normalized spacial score (nSPS) is 16.0. The Labute approximate surface area is 179 Å². The van der Waals surface area contributed by atoms with Gasteiger partial charge in [-0.25, -0.2) is 0 Å². The van der Waals surface area contributed by atoms with Gasteiger partial charge in [-0.2, -0.15) is 4.98 Å². The Kier molecular flexibility index (Phi) is 6.42. The first-order valence-corrected chi connectivity index (χ1v) is 9.23. The van der Waals surface area contributed by atoms with E-state index in [1.165, 1.54) is 0 Å². The number of hydrogen-bond acceptors (Lipinski definition) is 6. The number of halogens is 2. The van der Waals surface area contributed by atoms with Gasteiger partial charge in [-0.15, -0.1) is 12.4 Å². The number of nitrogens with two attached hydrogens (primary N) is 1. The number of benzene rings is 2. The lowest BCUT2D eigenvalue weighted by atomic mass is 10.1. The van der Waals surface area contributed by atoms with E-state index in [0.29, 0.717) is 41.3 Å². The van der Waals surface area contributed by atoms with Crippen LogP contribution in [0.2, 0.25) is 5.02 Å². The number of aromatic nitrogens is 2. The molecule has 0 saturated carbocycles. The zero-order valence-electron chi connectivity index (χ0n) is 15.7. The van der Waals surface area contributed by atoms with Gasteiger partial charge in [0.25, 0.3) is 0 Å². The van der Waals surface area contributed by atoms with Gasteiger partial charge in [-0.3, -0.25) is 4.79 Å². The number of nitrogens with zero attached hydrogens (tertiary/aromatic N) is 3. The summed E-state index contributed by atoms with van der Waals surface area (Å²) in [5, 5.41) is 4.60. The van der Waals surface area contributed by atoms with E-state index in [2.05, 4.69) is 10.1 Å². The molecule has 9 heteroatoms. The second kappa shape index (κ2) is 8.82. The third-order valence-corrected chi connectivity index (χ3v) is 5.03. The summed E-state index contributed by atoms with van der Waals surface area (Å²) < 4.78 is 10.8. The molecule has 1 aliphatic rings. The van der Waals surface area contributed by atoms with Crippen molar-refractivity contribution >= 4 is 35.6 Å². The Bertz CT molecular complexity index is 1010. The molecule has 0 spiro atoms. The van der Waals surface area contributed by atoms with E-state index in [1.54, 1.807) is 30.2 Å². The molecule has 1 aromatic heterocycles. The SMILES string of the molecule is COc1ccc(Cl)cc1N1CC(c2nc(-c3ccc(CN)cc3)no2)CC1=O.Cl. The number of methoxy groups -OCH3 is 1. The van der Waals surface area contributed by atoms with E-state index in [1.807, 2.05) is 24.3 Å². The van der Waals surface area contributed by atoms with E-state index in [0.717, 1.165) is 11.1 Å². The van der Waals surface area contributed by atoms with Gasteiger partial charge in [-0.1, -0.05) is 41.0 Å². The summed E-state index contributed by atoms with van der Waals surface area (Å²) >= 11 is 6.10. The molecule has 1 atom stereocenters. The third kappa shape index (κ3) is 4.22. The van der Waals surface area contributed by atoms with Crippen LogP contribution in [0.15, 0.2) is 47.0 Å². The second-order valence-corrected chi connectivity index (χ2v) is 7.02. The maximum Gasteiger partial charge on any atom is 0.232 e. The molecular weight excluding hydrogens is 415 g/mol. The molecule has 0 bridgehead atoms. The van der Waals surface area contributed by atoms with Crippen LogP contribution in [0.4, 0.5) is 5.69 Å². The van der Waals surface area contributed by atoms with Crippen molar-refractivity contribution in [3.05, 3.63) is 58.9 Å². The summed E-state index contributed by atoms with van der Waals surface area (Å²) in [7, 11) is 1.56. The Balaban J connectivity index is 0.00000240. The number of ether oxygens (including phenoxy) is 1. The van der Waals surface area contributed by atoms with Crippen LogP contribution in [0.25, 0.3) is 11.4 Å². The lowest BCUT2D eigenvalue weighted by Crippen LogP contribution is -2.24. The van der Waals surface area contributed by atoms with Crippen molar-refractivity contribution in [3.8, 4) is 17.1 Å². The molecular formula is C20H20Cl2N4O3. The maximum atomic E-state index is 12.6. The molecule has 2 heterocycles. The summed E-state index contributed by atoms with van der Waals surface area (Å²) in [6.45, 7) is 0.897. The molecule has 1 unspecified atom stereocenters. The minimum Gasteiger partial charge on any atom is -0.495 e. The number of carbonyl (C=O) groups is 1. The van der Waals surface area contributed by atoms with Gasteiger partial charge >= 0.3 is 0 Å². The molecule has 0 aliphatic carbocycles. The predicted molar refractivity (Wildman–Crippen MR) is 113 cm³/mol. The summed E-state index contributed by atoms with van der Waals surface area (Å²) in [5.41, 5.74) is 8.13. The van der Waals surface area contributed by atoms with Crippen LogP contribution in [0.3, 0.4) is 0 Å². The average Bonchev–Trinajstić information content (AvgIpc) is 3.35. The summed E-state index contributed by atoms with van der Waals surface area (Å²) in [6.07, 6.45) is 0.281. The van der Waals surface area contributed by atoms with Gasteiger partial charge in [0, 0.05) is 30.1 Å². The number of hydrogen-bond donors (Lipinski definition) is 1. The molecule has 4 rings (SSSR count). The van der Waals surface area contributed by atoms with Crippen molar-refractivity contribution in [2.24, 2.45) is 5.73 Å². The van der Waals surface area contributed by atoms with Crippen molar-refractivity contribution < 1.29 is 14.1 Å². The lowest BCUT2D eigenvalue weighted by Gasteiger charge is -2.19. The largest absolute Gasteiger partial charge is 0.495 e. The molecule has 1 aliphatic heterocycles. The van der Waals surface area contributed by atoms with Crippen molar-refractivity contribution in [2.45, 2.75) is 18.9 Å². The third-order valence-electron chi connectivity index (χ3n) is 4.80. The first-order valence-electron chi connectivity index (χ1n) is 8.86. The fourth-order valence-electron chi connectivity index (χ4n) is 3.29. The van der Waals surface area contributed by atoms with E-state index < -0.39 is 0 Å². The van der Waals surface area contributed by atoms with Crippen LogP contribution < -0.4 is 15.4 Å². The highest BCUT2D eigenvalue weighted by Crippen LogP contribution is 2.37. The summed E-state index contributed by atoms with van der Waals surface area (Å²) in [5.74, 6) is 1.28. The van der Waals surface area contributed by atoms with Gasteiger partial charge in [0.1, 0.15) is 5.75 Å². The van der Waals surface area contributed by atoms with Crippen LogP contribution in [-0.4, -0.2) is 29.7 Å². The van der Waals surface area contributed by atoms with Gasteiger partial charge in [0.05, 0.1) is 18.7 Å². The zero-order valence-corrected chi connectivity index (χ0v) is 17.2. The van der Waals surface area contributed by atoms with Gasteiger partial charge in [0.15, 0.2) is 0 Å². The first kappa shape index (κ1) is 21.1. The molecule has 1 fully saturated rings. The summed E-state index contributed by atoms with van der Waals surface area (Å²) in [6, 6.07) is 12.9. The molecule has 0 radical (unpaired) electrons. The Morgan fingerprint density at radius 3 is 2.72 bits per heavy atom. The van der Waals surface area contributed by atoms with Crippen LogP contribution in [0.1, 0.15) is 23.8 Å². The monoisotopic (exact) mass is 434 g/mol. The second-order valence-electron chi connectivity index (χ2n) is 6.58. The van der Waals surface area contributed by atoms with Crippen LogP contribution in [0.5, 0.6) is 5.75 Å². The van der Waals surface area contributed by atoms with Crippen molar-refractivity contribution in [3.63, 3.8) is 0 Å². The molecule has 1 saturated heterocycles. The van der Waals surface area contributed by atoms with E-state index in [4.69, 9.17) is 26.6 Å². The van der Waals surface area contributed by atoms with Crippen LogP contribution in [-0.2, 0) is 11.3 Å². The van der Waals surface area contributed by atoms with E-state index >= 15 is 0 Å². The molecule has 3 aromatic rings.